The minimum atomic E-state index is -0.104. The Morgan fingerprint density at radius 3 is 2.81 bits per heavy atom. The Bertz CT molecular complexity index is 558. The summed E-state index contributed by atoms with van der Waals surface area (Å²) in [5, 5.41) is 4.09. The van der Waals surface area contributed by atoms with Gasteiger partial charge in [-0.1, -0.05) is 6.07 Å². The minimum Gasteiger partial charge on any atom is -0.267 e. The Kier molecular flexibility index (Phi) is 2.91. The highest BCUT2D eigenvalue weighted by Crippen LogP contribution is 1.92. The van der Waals surface area contributed by atoms with E-state index in [1.807, 2.05) is 12.1 Å². The van der Waals surface area contributed by atoms with E-state index in [1.54, 1.807) is 43.9 Å². The highest BCUT2D eigenvalue weighted by molar-refractivity contribution is 5.78. The van der Waals surface area contributed by atoms with Crippen LogP contribution in [0.1, 0.15) is 11.1 Å². The van der Waals surface area contributed by atoms with Gasteiger partial charge in [-0.25, -0.2) is 4.68 Å². The maximum atomic E-state index is 11.6. The van der Waals surface area contributed by atoms with E-state index in [9.17, 15) is 4.79 Å². The van der Waals surface area contributed by atoms with E-state index in [4.69, 9.17) is 0 Å². The summed E-state index contributed by atoms with van der Waals surface area (Å²) in [6.07, 6.45) is 6.62. The molecule has 0 aliphatic heterocycles. The number of pyridine rings is 2. The molecule has 0 unspecified atom stereocenters. The standard InChI is InChI=1S/C12H11N3O/c1-10-3-2-8-15(12(10)16)14-9-11-4-6-13-7-5-11/h2-9H,1H3/b14-9+. The third-order valence-corrected chi connectivity index (χ3v) is 2.16. The van der Waals surface area contributed by atoms with E-state index >= 15 is 0 Å². The molecule has 0 spiro atoms. The van der Waals surface area contributed by atoms with Gasteiger partial charge in [0.1, 0.15) is 0 Å². The molecule has 0 saturated carbocycles. The van der Waals surface area contributed by atoms with Gasteiger partial charge in [-0.15, -0.1) is 0 Å². The van der Waals surface area contributed by atoms with Gasteiger partial charge in [0.15, 0.2) is 0 Å². The van der Waals surface area contributed by atoms with Gasteiger partial charge in [-0.2, -0.15) is 5.10 Å². The molecule has 0 aliphatic carbocycles. The second kappa shape index (κ2) is 4.53. The molecule has 0 N–H and O–H groups in total. The number of hydrogen-bond acceptors (Lipinski definition) is 3. The number of nitrogens with zero attached hydrogens (tertiary/aromatic N) is 3. The summed E-state index contributed by atoms with van der Waals surface area (Å²) in [5.41, 5.74) is 1.48. The van der Waals surface area contributed by atoms with Gasteiger partial charge in [-0.05, 0) is 30.7 Å². The lowest BCUT2D eigenvalue weighted by atomic mass is 10.3. The Hall–Kier alpha value is -2.23. The molecular weight excluding hydrogens is 202 g/mol. The smallest absolute Gasteiger partial charge is 0.267 e. The first-order valence-electron chi connectivity index (χ1n) is 4.90. The van der Waals surface area contributed by atoms with Crippen LogP contribution in [0.2, 0.25) is 0 Å². The highest BCUT2D eigenvalue weighted by atomic mass is 16.1. The van der Waals surface area contributed by atoms with Crippen molar-refractivity contribution in [2.24, 2.45) is 5.10 Å². The monoisotopic (exact) mass is 213 g/mol. The van der Waals surface area contributed by atoms with Gasteiger partial charge in [-0.3, -0.25) is 9.78 Å². The van der Waals surface area contributed by atoms with Crippen LogP contribution >= 0.6 is 0 Å². The van der Waals surface area contributed by atoms with Crippen molar-refractivity contribution in [2.45, 2.75) is 6.92 Å². The van der Waals surface area contributed by atoms with Gasteiger partial charge in [0, 0.05) is 24.2 Å². The first-order valence-corrected chi connectivity index (χ1v) is 4.90. The molecule has 2 heterocycles. The average Bonchev–Trinajstić information content (AvgIpc) is 2.32. The maximum Gasteiger partial charge on any atom is 0.273 e. The molecule has 0 fully saturated rings. The summed E-state index contributed by atoms with van der Waals surface area (Å²) in [4.78, 5) is 15.5. The fourth-order valence-corrected chi connectivity index (χ4v) is 1.26. The SMILES string of the molecule is Cc1cccn(/N=C/c2ccncc2)c1=O. The molecule has 0 bridgehead atoms. The van der Waals surface area contributed by atoms with E-state index in [0.717, 1.165) is 5.56 Å². The van der Waals surface area contributed by atoms with Crippen molar-refractivity contribution >= 4 is 6.21 Å². The zero-order chi connectivity index (χ0) is 11.4. The summed E-state index contributed by atoms with van der Waals surface area (Å²) in [6.45, 7) is 1.76. The Morgan fingerprint density at radius 2 is 2.06 bits per heavy atom. The summed E-state index contributed by atoms with van der Waals surface area (Å²) in [5.74, 6) is 0. The van der Waals surface area contributed by atoms with Gasteiger partial charge < -0.3 is 0 Å². The largest absolute Gasteiger partial charge is 0.273 e. The Labute approximate surface area is 92.9 Å². The van der Waals surface area contributed by atoms with E-state index in [0.29, 0.717) is 5.56 Å². The van der Waals surface area contributed by atoms with Crippen molar-refractivity contribution in [1.29, 1.82) is 0 Å². The molecular formula is C12H11N3O. The van der Waals surface area contributed by atoms with E-state index in [-0.39, 0.29) is 5.56 Å². The first kappa shape index (κ1) is 10.3. The van der Waals surface area contributed by atoms with E-state index in [2.05, 4.69) is 10.1 Å². The third-order valence-electron chi connectivity index (χ3n) is 2.16. The molecule has 0 radical (unpaired) electrons. The molecule has 4 nitrogen and oxygen atoms in total. The Morgan fingerprint density at radius 1 is 1.31 bits per heavy atom. The van der Waals surface area contributed by atoms with Crippen molar-refractivity contribution in [3.63, 3.8) is 0 Å². The van der Waals surface area contributed by atoms with Crippen molar-refractivity contribution in [2.75, 3.05) is 0 Å². The molecule has 2 aromatic rings. The van der Waals surface area contributed by atoms with Gasteiger partial charge in [0.05, 0.1) is 6.21 Å². The predicted molar refractivity (Wildman–Crippen MR) is 62.7 cm³/mol. The van der Waals surface area contributed by atoms with Crippen LogP contribution in [0.3, 0.4) is 0 Å². The van der Waals surface area contributed by atoms with Crippen LogP contribution in [0.5, 0.6) is 0 Å². The molecule has 0 saturated heterocycles. The summed E-state index contributed by atoms with van der Waals surface area (Å²) >= 11 is 0. The molecule has 80 valence electrons. The average molecular weight is 213 g/mol. The van der Waals surface area contributed by atoms with Crippen LogP contribution in [0.15, 0.2) is 52.8 Å². The number of aryl methyl sites for hydroxylation is 1. The summed E-state index contributed by atoms with van der Waals surface area (Å²) in [7, 11) is 0. The molecule has 4 heteroatoms. The molecule has 16 heavy (non-hydrogen) atoms. The van der Waals surface area contributed by atoms with Gasteiger partial charge in [0.25, 0.3) is 5.56 Å². The first-order chi connectivity index (χ1) is 7.77. The quantitative estimate of drug-likeness (QED) is 0.708. The van der Waals surface area contributed by atoms with Crippen LogP contribution in [0.25, 0.3) is 0 Å². The highest BCUT2D eigenvalue weighted by Gasteiger charge is 1.94. The van der Waals surface area contributed by atoms with Crippen molar-refractivity contribution in [1.82, 2.24) is 9.66 Å². The zero-order valence-electron chi connectivity index (χ0n) is 8.87. The second-order valence-electron chi connectivity index (χ2n) is 3.37. The lowest BCUT2D eigenvalue weighted by molar-refractivity contribution is 0.822. The molecule has 0 amide bonds. The number of hydrogen-bond donors (Lipinski definition) is 0. The number of rotatable bonds is 2. The van der Waals surface area contributed by atoms with Crippen molar-refractivity contribution in [3.8, 4) is 0 Å². The van der Waals surface area contributed by atoms with Crippen molar-refractivity contribution < 1.29 is 0 Å². The van der Waals surface area contributed by atoms with Gasteiger partial charge >= 0.3 is 0 Å². The lowest BCUT2D eigenvalue weighted by Crippen LogP contribution is -2.17. The van der Waals surface area contributed by atoms with Crippen LogP contribution in [-0.2, 0) is 0 Å². The van der Waals surface area contributed by atoms with E-state index in [1.165, 1.54) is 4.68 Å². The summed E-state index contributed by atoms with van der Waals surface area (Å²) in [6, 6.07) is 7.20. The van der Waals surface area contributed by atoms with Crippen LogP contribution in [0.4, 0.5) is 0 Å². The fraction of sp³-hybridized carbons (Fsp3) is 0.0833. The topological polar surface area (TPSA) is 47.2 Å². The van der Waals surface area contributed by atoms with Crippen molar-refractivity contribution in [3.05, 3.63) is 64.3 Å². The van der Waals surface area contributed by atoms with Crippen LogP contribution in [-0.4, -0.2) is 15.9 Å². The zero-order valence-corrected chi connectivity index (χ0v) is 8.87. The fourth-order valence-electron chi connectivity index (χ4n) is 1.26. The molecule has 2 aromatic heterocycles. The molecule has 0 aromatic carbocycles. The third kappa shape index (κ3) is 2.23. The van der Waals surface area contributed by atoms with Crippen LogP contribution in [0, 0.1) is 6.92 Å². The Balaban J connectivity index is 2.32. The predicted octanol–water partition coefficient (Wildman–Crippen LogP) is 1.43. The van der Waals surface area contributed by atoms with Gasteiger partial charge in [0.2, 0.25) is 0 Å². The van der Waals surface area contributed by atoms with Crippen LogP contribution < -0.4 is 5.56 Å². The molecule has 0 atom stereocenters. The molecule has 0 aliphatic rings. The second-order valence-corrected chi connectivity index (χ2v) is 3.37. The summed E-state index contributed by atoms with van der Waals surface area (Å²) < 4.78 is 1.32. The minimum absolute atomic E-state index is 0.104. The normalized spacial score (nSPS) is 10.8. The maximum absolute atomic E-state index is 11.6. The molecule has 2 rings (SSSR count). The van der Waals surface area contributed by atoms with E-state index < -0.39 is 0 Å². The lowest BCUT2D eigenvalue weighted by Gasteiger charge is -1.98. The number of aromatic nitrogens is 2.